The van der Waals surface area contributed by atoms with Gasteiger partial charge < -0.3 is 15.0 Å². The van der Waals surface area contributed by atoms with Gasteiger partial charge in [-0.15, -0.1) is 0 Å². The summed E-state index contributed by atoms with van der Waals surface area (Å²) >= 11 is 1.67. The van der Waals surface area contributed by atoms with Crippen molar-refractivity contribution >= 4 is 42.4 Å². The highest BCUT2D eigenvalue weighted by Gasteiger charge is 2.22. The molecule has 4 rings (SSSR count). The quantitative estimate of drug-likeness (QED) is 0.469. The number of carbonyl (C=O) groups is 1. The van der Waals surface area contributed by atoms with Gasteiger partial charge in [0.1, 0.15) is 22.8 Å². The van der Waals surface area contributed by atoms with Crippen LogP contribution in [-0.2, 0) is 14.6 Å². The molecule has 1 amide bonds. The highest BCUT2D eigenvalue weighted by molar-refractivity contribution is 7.92. The number of benzene rings is 2. The minimum atomic E-state index is -3.80. The lowest BCUT2D eigenvalue weighted by Gasteiger charge is -2.34. The summed E-state index contributed by atoms with van der Waals surface area (Å²) < 4.78 is 44.2. The number of anilines is 1. The molecule has 0 aliphatic carbocycles. The van der Waals surface area contributed by atoms with Crippen LogP contribution >= 0.6 is 11.3 Å². The highest BCUT2D eigenvalue weighted by atomic mass is 32.2. The monoisotopic (exact) mass is 506 g/mol. The summed E-state index contributed by atoms with van der Waals surface area (Å²) in [6.07, 6.45) is 0. The molecule has 182 valence electrons. The molecule has 0 unspecified atom stereocenters. The molecular formula is C23H27FN4O4S2. The Balaban J connectivity index is 1.25. The maximum Gasteiger partial charge on any atom is 0.235 e. The molecular weight excluding hydrogens is 479 g/mol. The fourth-order valence-corrected chi connectivity index (χ4v) is 6.13. The third-order valence-corrected chi connectivity index (χ3v) is 8.68. The van der Waals surface area contributed by atoms with E-state index in [1.165, 1.54) is 17.7 Å². The van der Waals surface area contributed by atoms with Gasteiger partial charge in [0.05, 0.1) is 16.7 Å². The van der Waals surface area contributed by atoms with E-state index in [1.807, 2.05) is 12.1 Å². The lowest BCUT2D eigenvalue weighted by atomic mass is 10.2. The Bertz CT molecular complexity index is 1270. The topological polar surface area (TPSA) is 91.8 Å². The number of methoxy groups -OCH3 is 1. The number of halogens is 1. The van der Waals surface area contributed by atoms with Gasteiger partial charge in [0.15, 0.2) is 15.0 Å². The standard InChI is InChI=1S/C23H27FN4O4S2/c1-16-3-8-19(32-2)21-22(16)33-23(26-21)28-13-11-27(12-14-28)10-9-25-20(29)15-34(30,31)18-6-4-17(24)5-7-18/h3-8H,9-15H2,1-2H3,(H,25,29). The number of thiazole rings is 1. The second-order valence-corrected chi connectivity index (χ2v) is 11.1. The first-order valence-corrected chi connectivity index (χ1v) is 13.4. The zero-order valence-electron chi connectivity index (χ0n) is 19.1. The van der Waals surface area contributed by atoms with Crippen LogP contribution in [0.4, 0.5) is 9.52 Å². The largest absolute Gasteiger partial charge is 0.494 e. The Labute approximate surface area is 202 Å². The third kappa shape index (κ3) is 5.48. The number of sulfone groups is 1. The lowest BCUT2D eigenvalue weighted by molar-refractivity contribution is -0.118. The number of aryl methyl sites for hydroxylation is 1. The van der Waals surface area contributed by atoms with E-state index in [0.717, 1.165) is 59.4 Å². The van der Waals surface area contributed by atoms with E-state index in [1.54, 1.807) is 18.4 Å². The number of ether oxygens (including phenoxy) is 1. The molecule has 3 aromatic rings. The van der Waals surface area contributed by atoms with Crippen LogP contribution in [0.25, 0.3) is 10.2 Å². The predicted molar refractivity (Wildman–Crippen MR) is 131 cm³/mol. The van der Waals surface area contributed by atoms with Crippen molar-refractivity contribution in [3.05, 3.63) is 47.8 Å². The van der Waals surface area contributed by atoms with Gasteiger partial charge in [0.2, 0.25) is 5.91 Å². The molecule has 34 heavy (non-hydrogen) atoms. The summed E-state index contributed by atoms with van der Waals surface area (Å²) in [5, 5.41) is 3.65. The number of rotatable bonds is 8. The number of hydrogen-bond donors (Lipinski definition) is 1. The minimum Gasteiger partial charge on any atom is -0.494 e. The van der Waals surface area contributed by atoms with Crippen LogP contribution < -0.4 is 15.0 Å². The van der Waals surface area contributed by atoms with Crippen molar-refractivity contribution < 1.29 is 22.3 Å². The number of nitrogens with zero attached hydrogens (tertiary/aromatic N) is 3. The van der Waals surface area contributed by atoms with Crippen molar-refractivity contribution in [2.24, 2.45) is 0 Å². The van der Waals surface area contributed by atoms with Gasteiger partial charge in [0.25, 0.3) is 0 Å². The van der Waals surface area contributed by atoms with Crippen LogP contribution in [0.15, 0.2) is 41.3 Å². The lowest BCUT2D eigenvalue weighted by Crippen LogP contribution is -2.48. The molecule has 0 bridgehead atoms. The van der Waals surface area contributed by atoms with Gasteiger partial charge >= 0.3 is 0 Å². The number of carbonyl (C=O) groups excluding carboxylic acids is 1. The normalized spacial score (nSPS) is 15.0. The first-order chi connectivity index (χ1) is 16.3. The average Bonchev–Trinajstić information content (AvgIpc) is 3.26. The number of piperazine rings is 1. The molecule has 1 aliphatic heterocycles. The van der Waals surface area contributed by atoms with Gasteiger partial charge in [0, 0.05) is 39.3 Å². The molecule has 11 heteroatoms. The molecule has 1 N–H and O–H groups in total. The molecule has 0 spiro atoms. The number of fused-ring (bicyclic) bond motifs is 1. The van der Waals surface area contributed by atoms with Gasteiger partial charge in [-0.3, -0.25) is 9.69 Å². The van der Waals surface area contributed by atoms with Crippen molar-refractivity contribution in [3.8, 4) is 5.75 Å². The number of amides is 1. The second-order valence-electron chi connectivity index (χ2n) is 8.15. The van der Waals surface area contributed by atoms with Crippen LogP contribution in [0.3, 0.4) is 0 Å². The molecule has 1 saturated heterocycles. The first kappa shape index (κ1) is 24.4. The van der Waals surface area contributed by atoms with Crippen LogP contribution in [0, 0.1) is 12.7 Å². The Hall–Kier alpha value is -2.76. The number of hydrogen-bond acceptors (Lipinski definition) is 8. The molecule has 1 aromatic heterocycles. The second kappa shape index (κ2) is 10.2. The van der Waals surface area contributed by atoms with E-state index < -0.39 is 27.3 Å². The molecule has 0 saturated carbocycles. The van der Waals surface area contributed by atoms with Gasteiger partial charge in [-0.25, -0.2) is 17.8 Å². The molecule has 0 atom stereocenters. The van der Waals surface area contributed by atoms with Crippen molar-refractivity contribution in [1.29, 1.82) is 0 Å². The summed E-state index contributed by atoms with van der Waals surface area (Å²) in [5.74, 6) is -0.977. The Morgan fingerprint density at radius 1 is 1.15 bits per heavy atom. The van der Waals surface area contributed by atoms with Crippen molar-refractivity contribution in [2.45, 2.75) is 11.8 Å². The smallest absolute Gasteiger partial charge is 0.235 e. The SMILES string of the molecule is COc1ccc(C)c2sc(N3CCN(CCNC(=O)CS(=O)(=O)c4ccc(F)cc4)CC3)nc12. The maximum atomic E-state index is 13.0. The van der Waals surface area contributed by atoms with E-state index in [9.17, 15) is 17.6 Å². The molecule has 2 heterocycles. The Morgan fingerprint density at radius 3 is 2.53 bits per heavy atom. The Morgan fingerprint density at radius 2 is 1.85 bits per heavy atom. The summed E-state index contributed by atoms with van der Waals surface area (Å²) in [5.41, 5.74) is 2.07. The molecule has 1 fully saturated rings. The fraction of sp³-hybridized carbons (Fsp3) is 0.391. The van der Waals surface area contributed by atoms with E-state index in [4.69, 9.17) is 9.72 Å². The van der Waals surface area contributed by atoms with E-state index >= 15 is 0 Å². The average molecular weight is 507 g/mol. The third-order valence-electron chi connectivity index (χ3n) is 5.80. The zero-order chi connectivity index (χ0) is 24.3. The van der Waals surface area contributed by atoms with Gasteiger partial charge in [-0.2, -0.15) is 0 Å². The molecule has 0 radical (unpaired) electrons. The van der Waals surface area contributed by atoms with Crippen molar-refractivity contribution in [2.75, 3.05) is 57.0 Å². The fourth-order valence-electron chi connectivity index (χ4n) is 3.86. The predicted octanol–water partition coefficient (Wildman–Crippen LogP) is 2.46. The van der Waals surface area contributed by atoms with Crippen LogP contribution in [0.2, 0.25) is 0 Å². The van der Waals surface area contributed by atoms with Crippen LogP contribution in [-0.4, -0.2) is 76.3 Å². The summed E-state index contributed by atoms with van der Waals surface area (Å²) in [6, 6.07) is 8.45. The highest BCUT2D eigenvalue weighted by Crippen LogP contribution is 2.36. The zero-order valence-corrected chi connectivity index (χ0v) is 20.7. The molecule has 1 aliphatic rings. The van der Waals surface area contributed by atoms with Crippen molar-refractivity contribution in [3.63, 3.8) is 0 Å². The Kier molecular flexibility index (Phi) is 7.34. The summed E-state index contributed by atoms with van der Waals surface area (Å²) in [6.45, 7) is 6.31. The summed E-state index contributed by atoms with van der Waals surface area (Å²) in [7, 11) is -2.15. The first-order valence-electron chi connectivity index (χ1n) is 10.9. The maximum absolute atomic E-state index is 13.0. The van der Waals surface area contributed by atoms with Crippen molar-refractivity contribution in [1.82, 2.24) is 15.2 Å². The van der Waals surface area contributed by atoms with E-state index in [0.29, 0.717) is 13.1 Å². The molecule has 2 aromatic carbocycles. The summed E-state index contributed by atoms with van der Waals surface area (Å²) in [4.78, 5) is 21.4. The molecule has 8 nitrogen and oxygen atoms in total. The van der Waals surface area contributed by atoms with Gasteiger partial charge in [-0.1, -0.05) is 17.4 Å². The van der Waals surface area contributed by atoms with Crippen LogP contribution in [0.1, 0.15) is 5.56 Å². The van der Waals surface area contributed by atoms with E-state index in [2.05, 4.69) is 22.0 Å². The number of nitrogens with one attached hydrogen (secondary N) is 1. The van der Waals surface area contributed by atoms with E-state index in [-0.39, 0.29) is 4.90 Å². The minimum absolute atomic E-state index is 0.0668. The van der Waals surface area contributed by atoms with Crippen LogP contribution in [0.5, 0.6) is 5.75 Å². The number of aromatic nitrogens is 1. The van der Waals surface area contributed by atoms with Gasteiger partial charge in [-0.05, 0) is 42.8 Å².